The molecule has 0 amide bonds. The Labute approximate surface area is 204 Å². The minimum absolute atomic E-state index is 0.254. The largest absolute Gasteiger partial charge is 0.494 e. The fourth-order valence-electron chi connectivity index (χ4n) is 4.82. The topological polar surface area (TPSA) is 65.5 Å². The number of hydrogen-bond donors (Lipinski definition) is 0. The van der Waals surface area contributed by atoms with Crippen LogP contribution in [-0.4, -0.2) is 30.0 Å². The molecule has 0 radical (unpaired) electrons. The van der Waals surface area contributed by atoms with E-state index < -0.39 is 5.97 Å². The van der Waals surface area contributed by atoms with Gasteiger partial charge in [0, 0.05) is 16.6 Å². The fraction of sp³-hybridized carbons (Fsp3) is 0.233. The van der Waals surface area contributed by atoms with Crippen LogP contribution in [0, 0.1) is 0 Å². The van der Waals surface area contributed by atoms with E-state index in [4.69, 9.17) is 14.5 Å². The zero-order valence-corrected chi connectivity index (χ0v) is 19.7. The van der Waals surface area contributed by atoms with Crippen molar-refractivity contribution in [2.24, 2.45) is 0 Å². The minimum Gasteiger partial charge on any atom is -0.494 e. The minimum atomic E-state index is -0.479. The number of hydrogen-bond acceptors (Lipinski definition) is 5. The first kappa shape index (κ1) is 22.8. The average Bonchev–Trinajstić information content (AvgIpc) is 2.91. The maximum atomic E-state index is 13.4. The van der Waals surface area contributed by atoms with Gasteiger partial charge >= 0.3 is 5.97 Å². The maximum Gasteiger partial charge on any atom is 0.339 e. The third kappa shape index (κ3) is 4.80. The van der Waals surface area contributed by atoms with Gasteiger partial charge in [0.25, 0.3) is 0 Å². The second-order valence-electron chi connectivity index (χ2n) is 8.74. The molecule has 1 aromatic heterocycles. The first-order valence-corrected chi connectivity index (χ1v) is 12.0. The summed E-state index contributed by atoms with van der Waals surface area (Å²) in [6.45, 7) is 2.14. The smallest absolute Gasteiger partial charge is 0.339 e. The third-order valence-corrected chi connectivity index (χ3v) is 6.56. The Bertz CT molecular complexity index is 1360. The van der Waals surface area contributed by atoms with Crippen molar-refractivity contribution in [3.8, 4) is 5.75 Å². The lowest BCUT2D eigenvalue weighted by Crippen LogP contribution is -2.21. The van der Waals surface area contributed by atoms with Crippen molar-refractivity contribution < 1.29 is 19.1 Å². The lowest BCUT2D eigenvalue weighted by atomic mass is 9.80. The number of rotatable bonds is 7. The van der Waals surface area contributed by atoms with Crippen LogP contribution >= 0.6 is 0 Å². The molecule has 4 aromatic rings. The second-order valence-corrected chi connectivity index (χ2v) is 8.74. The van der Waals surface area contributed by atoms with Crippen LogP contribution in [0.1, 0.15) is 56.8 Å². The molecule has 0 unspecified atom stereocenters. The van der Waals surface area contributed by atoms with Crippen LogP contribution in [0.4, 0.5) is 0 Å². The second kappa shape index (κ2) is 10.1. The van der Waals surface area contributed by atoms with Gasteiger partial charge in [-0.2, -0.15) is 0 Å². The van der Waals surface area contributed by atoms with E-state index in [1.165, 1.54) is 5.56 Å². The van der Waals surface area contributed by atoms with Crippen molar-refractivity contribution in [2.75, 3.05) is 13.2 Å². The molecule has 1 aliphatic carbocycles. The van der Waals surface area contributed by atoms with Gasteiger partial charge in [-0.1, -0.05) is 48.5 Å². The predicted molar refractivity (Wildman–Crippen MR) is 135 cm³/mol. The highest BCUT2D eigenvalue weighted by Crippen LogP contribution is 2.36. The number of ether oxygens (including phenoxy) is 2. The average molecular weight is 466 g/mol. The van der Waals surface area contributed by atoms with Crippen molar-refractivity contribution in [3.05, 3.63) is 107 Å². The third-order valence-electron chi connectivity index (χ3n) is 6.56. The summed E-state index contributed by atoms with van der Waals surface area (Å²) < 4.78 is 11.0. The molecule has 5 rings (SSSR count). The van der Waals surface area contributed by atoms with Crippen LogP contribution in [0.3, 0.4) is 0 Å². The molecule has 0 aliphatic heterocycles. The number of nitrogens with zero attached hydrogens (tertiary/aromatic N) is 1. The van der Waals surface area contributed by atoms with E-state index in [1.54, 1.807) is 24.3 Å². The lowest BCUT2D eigenvalue weighted by Gasteiger charge is -2.26. The molecule has 0 N–H and O–H groups in total. The van der Waals surface area contributed by atoms with E-state index in [0.717, 1.165) is 35.0 Å². The van der Waals surface area contributed by atoms with E-state index in [-0.39, 0.29) is 12.4 Å². The Morgan fingerprint density at radius 3 is 2.46 bits per heavy atom. The number of ketones is 1. The molecule has 0 spiro atoms. The highest BCUT2D eigenvalue weighted by Gasteiger charge is 2.28. The highest BCUT2D eigenvalue weighted by atomic mass is 16.5. The number of aryl methyl sites for hydroxylation is 1. The molecule has 5 nitrogen and oxygen atoms in total. The molecule has 35 heavy (non-hydrogen) atoms. The first-order valence-electron chi connectivity index (χ1n) is 12.0. The summed E-state index contributed by atoms with van der Waals surface area (Å²) >= 11 is 0. The highest BCUT2D eigenvalue weighted by molar-refractivity contribution is 6.06. The van der Waals surface area contributed by atoms with E-state index in [9.17, 15) is 9.59 Å². The fourth-order valence-corrected chi connectivity index (χ4v) is 4.82. The van der Waals surface area contributed by atoms with E-state index >= 15 is 0 Å². The zero-order valence-electron chi connectivity index (χ0n) is 19.7. The molecule has 5 heteroatoms. The molecule has 1 aliphatic rings. The van der Waals surface area contributed by atoms with Gasteiger partial charge in [-0.05, 0) is 73.6 Å². The molecule has 3 aromatic carbocycles. The molecule has 0 bridgehead atoms. The van der Waals surface area contributed by atoms with Gasteiger partial charge in [0.15, 0.2) is 12.4 Å². The van der Waals surface area contributed by atoms with Crippen molar-refractivity contribution in [2.45, 2.75) is 32.1 Å². The number of Topliss-reactive ketones (excluding diaryl/α,β-unsaturated/α-hetero) is 1. The number of pyridine rings is 1. The summed E-state index contributed by atoms with van der Waals surface area (Å²) in [7, 11) is 0. The van der Waals surface area contributed by atoms with Crippen molar-refractivity contribution in [1.29, 1.82) is 0 Å². The molecular weight excluding hydrogens is 438 g/mol. The van der Waals surface area contributed by atoms with Crippen molar-refractivity contribution in [1.82, 2.24) is 4.98 Å². The van der Waals surface area contributed by atoms with Crippen molar-refractivity contribution in [3.63, 3.8) is 0 Å². The van der Waals surface area contributed by atoms with Crippen LogP contribution in [0.25, 0.3) is 10.9 Å². The number of esters is 1. The summed E-state index contributed by atoms with van der Waals surface area (Å²) in [5, 5.41) is 0.762. The van der Waals surface area contributed by atoms with Gasteiger partial charge in [0.1, 0.15) is 5.75 Å². The van der Waals surface area contributed by atoms with Gasteiger partial charge in [-0.25, -0.2) is 4.79 Å². The Kier molecular flexibility index (Phi) is 6.57. The van der Waals surface area contributed by atoms with Crippen LogP contribution in [0.5, 0.6) is 5.75 Å². The number of aromatic nitrogens is 1. The molecule has 176 valence electrons. The van der Waals surface area contributed by atoms with Crippen LogP contribution in [0.2, 0.25) is 0 Å². The van der Waals surface area contributed by atoms with Gasteiger partial charge in [-0.15, -0.1) is 0 Å². The summed E-state index contributed by atoms with van der Waals surface area (Å²) in [5.41, 5.74) is 4.92. The Balaban J connectivity index is 1.42. The van der Waals surface area contributed by atoms with Gasteiger partial charge in [0.05, 0.1) is 17.7 Å². The summed E-state index contributed by atoms with van der Waals surface area (Å²) in [4.78, 5) is 31.0. The van der Waals surface area contributed by atoms with Gasteiger partial charge in [-0.3, -0.25) is 9.78 Å². The number of carbonyl (C=O) groups is 2. The maximum absolute atomic E-state index is 13.4. The Hall–Kier alpha value is -3.99. The molecule has 0 fully saturated rings. The van der Waals surface area contributed by atoms with Crippen LogP contribution in [0.15, 0.2) is 78.9 Å². The summed E-state index contributed by atoms with van der Waals surface area (Å²) in [6, 6.07) is 24.9. The van der Waals surface area contributed by atoms with E-state index in [1.807, 2.05) is 49.4 Å². The predicted octanol–water partition coefficient (Wildman–Crippen LogP) is 5.95. The summed E-state index contributed by atoms with van der Waals surface area (Å²) in [6.07, 6.45) is 2.49. The molecule has 0 saturated heterocycles. The molecular formula is C30H27NO4. The summed E-state index contributed by atoms with van der Waals surface area (Å²) in [5.74, 6) is 0.274. The first-order chi connectivity index (χ1) is 17.1. The van der Waals surface area contributed by atoms with Gasteiger partial charge in [0.2, 0.25) is 0 Å². The Morgan fingerprint density at radius 1 is 0.943 bits per heavy atom. The quantitative estimate of drug-likeness (QED) is 0.249. The lowest BCUT2D eigenvalue weighted by molar-refractivity contribution is 0.0475. The van der Waals surface area contributed by atoms with E-state index in [0.29, 0.717) is 35.8 Å². The number of benzene rings is 3. The number of para-hydroxylation sites is 1. The zero-order chi connectivity index (χ0) is 24.2. The van der Waals surface area contributed by atoms with E-state index in [2.05, 4.69) is 12.1 Å². The molecule has 0 saturated carbocycles. The number of carbonyl (C=O) groups excluding carboxylic acids is 2. The normalized spacial score (nSPS) is 14.8. The molecule has 1 heterocycles. The standard InChI is InChI=1S/C30H27NO4/c1-2-34-23-15-12-21(13-16-23)28(32)19-35-30(33)29-24-10-6-7-11-26(24)31-27-17-14-22(18-25(27)29)20-8-4-3-5-9-20/h3-13,15-16,22H,2,14,17-19H2,1H3/t22-/m1/s1. The van der Waals surface area contributed by atoms with Gasteiger partial charge < -0.3 is 9.47 Å². The SMILES string of the molecule is CCOc1ccc(C(=O)COC(=O)c2c3c(nc4ccccc24)CC[C@@H](c2ccccc2)C3)cc1. The van der Waals surface area contributed by atoms with Crippen LogP contribution < -0.4 is 4.74 Å². The number of fused-ring (bicyclic) bond motifs is 2. The van der Waals surface area contributed by atoms with Crippen LogP contribution in [-0.2, 0) is 17.6 Å². The molecule has 1 atom stereocenters. The van der Waals surface area contributed by atoms with Crippen molar-refractivity contribution >= 4 is 22.7 Å². The monoisotopic (exact) mass is 465 g/mol. The Morgan fingerprint density at radius 2 is 1.69 bits per heavy atom.